The summed E-state index contributed by atoms with van der Waals surface area (Å²) in [5.41, 5.74) is 11.4. The molecule has 0 fully saturated rings. The average molecular weight is 584 g/mol. The average Bonchev–Trinajstić information content (AvgIpc) is 3.09. The first-order valence-corrected chi connectivity index (χ1v) is 10.6. The molecule has 0 aliphatic rings. The third-order valence-corrected chi connectivity index (χ3v) is 8.01. The Morgan fingerprint density at radius 2 is 1.61 bits per heavy atom. The number of hydrogen-bond donors (Lipinski definition) is 2. The van der Waals surface area contributed by atoms with E-state index < -0.39 is 0 Å². The Bertz CT molecular complexity index is 999. The van der Waals surface area contributed by atoms with Crippen molar-refractivity contribution >= 4 is 109 Å². The lowest BCUT2D eigenvalue weighted by Gasteiger charge is -1.97. The van der Waals surface area contributed by atoms with E-state index in [1.54, 1.807) is 35.1 Å². The van der Waals surface area contributed by atoms with Crippen LogP contribution in [0.4, 0.5) is 11.6 Å². The number of nitrogen functional groups attached to an aromatic ring is 2. The topological polar surface area (TPSA) is 77.8 Å². The number of rotatable bonds is 0. The molecule has 118 valence electrons. The summed E-state index contributed by atoms with van der Waals surface area (Å²) in [5.74, 6) is 1.19. The maximum absolute atomic E-state index is 5.73. The highest BCUT2D eigenvalue weighted by Gasteiger charge is 2.08. The van der Waals surface area contributed by atoms with Crippen LogP contribution in [0.2, 0.25) is 0 Å². The molecule has 9 heteroatoms. The SMILES string of the molecule is Nc1ncc(I)c2scc(Br)c12.Nc1nccc2scc(Br)c12. The van der Waals surface area contributed by atoms with Crippen LogP contribution in [0.15, 0.2) is 38.2 Å². The van der Waals surface area contributed by atoms with Gasteiger partial charge in [-0.3, -0.25) is 0 Å². The first-order chi connectivity index (χ1) is 11.0. The number of aromatic nitrogens is 2. The molecule has 0 spiro atoms. The Morgan fingerprint density at radius 1 is 0.957 bits per heavy atom. The lowest BCUT2D eigenvalue weighted by Crippen LogP contribution is -1.90. The van der Waals surface area contributed by atoms with E-state index in [0.29, 0.717) is 11.6 Å². The van der Waals surface area contributed by atoms with Crippen LogP contribution in [0.25, 0.3) is 20.2 Å². The zero-order valence-electron chi connectivity index (χ0n) is 11.4. The van der Waals surface area contributed by atoms with Gasteiger partial charge in [0.1, 0.15) is 11.6 Å². The van der Waals surface area contributed by atoms with Gasteiger partial charge in [0.15, 0.2) is 0 Å². The molecule has 0 saturated heterocycles. The molecule has 0 bridgehead atoms. The highest BCUT2D eigenvalue weighted by molar-refractivity contribution is 14.1. The minimum absolute atomic E-state index is 0.593. The largest absolute Gasteiger partial charge is 0.383 e. The third kappa shape index (κ3) is 3.48. The molecule has 0 aliphatic heterocycles. The fourth-order valence-electron chi connectivity index (χ4n) is 1.97. The second kappa shape index (κ2) is 7.18. The van der Waals surface area contributed by atoms with Gasteiger partial charge < -0.3 is 11.5 Å². The predicted molar refractivity (Wildman–Crippen MR) is 116 cm³/mol. The Kier molecular flexibility index (Phi) is 5.41. The summed E-state index contributed by atoms with van der Waals surface area (Å²) >= 11 is 12.4. The Balaban J connectivity index is 0.000000136. The fraction of sp³-hybridized carbons (Fsp3) is 0. The normalized spacial score (nSPS) is 10.7. The second-order valence-electron chi connectivity index (χ2n) is 4.43. The lowest BCUT2D eigenvalue weighted by molar-refractivity contribution is 1.36. The first-order valence-electron chi connectivity index (χ1n) is 6.23. The molecule has 0 saturated carbocycles. The van der Waals surface area contributed by atoms with E-state index in [-0.39, 0.29) is 0 Å². The number of fused-ring (bicyclic) bond motifs is 2. The molecule has 0 aliphatic carbocycles. The van der Waals surface area contributed by atoms with E-state index >= 15 is 0 Å². The maximum Gasteiger partial charge on any atom is 0.133 e. The van der Waals surface area contributed by atoms with Gasteiger partial charge in [-0.25, -0.2) is 9.97 Å². The van der Waals surface area contributed by atoms with E-state index in [4.69, 9.17) is 11.5 Å². The predicted octanol–water partition coefficient (Wildman–Crippen LogP) is 5.89. The molecule has 4 N–H and O–H groups in total. The van der Waals surface area contributed by atoms with Gasteiger partial charge in [0.05, 0.1) is 4.70 Å². The number of nitrogens with zero attached hydrogens (tertiary/aromatic N) is 2. The highest BCUT2D eigenvalue weighted by Crippen LogP contribution is 2.36. The monoisotopic (exact) mass is 582 g/mol. The van der Waals surface area contributed by atoms with Gasteiger partial charge in [0.25, 0.3) is 0 Å². The summed E-state index contributed by atoms with van der Waals surface area (Å²) in [6.45, 7) is 0. The summed E-state index contributed by atoms with van der Waals surface area (Å²) < 4.78 is 5.58. The van der Waals surface area contributed by atoms with Crippen LogP contribution >= 0.6 is 77.1 Å². The van der Waals surface area contributed by atoms with E-state index in [1.165, 1.54) is 9.40 Å². The Hall–Kier alpha value is -0.490. The van der Waals surface area contributed by atoms with Crippen molar-refractivity contribution < 1.29 is 0 Å². The standard InChI is InChI=1S/C7H4BrIN2S.C7H5BrN2S/c8-3-2-12-6-4(9)1-11-7(10)5(3)6;8-4-3-11-5-1-2-10-7(9)6(4)5/h1-2H,(H2,10,11);1-3H,(H2,9,10). The molecule has 0 unspecified atom stereocenters. The molecular weight excluding hydrogens is 575 g/mol. The molecular formula is C14H9Br2IN4S2. The van der Waals surface area contributed by atoms with Crippen molar-refractivity contribution in [1.82, 2.24) is 9.97 Å². The van der Waals surface area contributed by atoms with Crippen molar-refractivity contribution in [1.29, 1.82) is 0 Å². The lowest BCUT2D eigenvalue weighted by atomic mass is 10.3. The van der Waals surface area contributed by atoms with Crippen molar-refractivity contribution in [3.05, 3.63) is 41.7 Å². The van der Waals surface area contributed by atoms with E-state index in [0.717, 1.165) is 23.3 Å². The molecule has 0 radical (unpaired) electrons. The molecule has 4 aromatic heterocycles. The quantitative estimate of drug-likeness (QED) is 0.253. The molecule has 23 heavy (non-hydrogen) atoms. The summed E-state index contributed by atoms with van der Waals surface area (Å²) in [4.78, 5) is 8.08. The smallest absolute Gasteiger partial charge is 0.133 e. The number of hydrogen-bond acceptors (Lipinski definition) is 6. The molecule has 0 aromatic carbocycles. The van der Waals surface area contributed by atoms with Gasteiger partial charge in [-0.05, 0) is 60.5 Å². The van der Waals surface area contributed by atoms with E-state index in [9.17, 15) is 0 Å². The molecule has 4 nitrogen and oxygen atoms in total. The maximum atomic E-state index is 5.73. The van der Waals surface area contributed by atoms with Crippen molar-refractivity contribution in [3.8, 4) is 0 Å². The Labute approximate surface area is 170 Å². The number of anilines is 2. The molecule has 0 atom stereocenters. The summed E-state index contributed by atoms with van der Waals surface area (Å²) in [6.07, 6.45) is 3.52. The number of thiophene rings is 2. The number of nitrogens with two attached hydrogens (primary N) is 2. The molecule has 4 aromatic rings. The Morgan fingerprint density at radius 3 is 2.30 bits per heavy atom. The van der Waals surface area contributed by atoms with Crippen LogP contribution in [0, 0.1) is 3.57 Å². The zero-order chi connectivity index (χ0) is 16.6. The minimum Gasteiger partial charge on any atom is -0.383 e. The summed E-state index contributed by atoms with van der Waals surface area (Å²) in [7, 11) is 0. The van der Waals surface area contributed by atoms with Crippen molar-refractivity contribution in [3.63, 3.8) is 0 Å². The van der Waals surface area contributed by atoms with Crippen LogP contribution < -0.4 is 11.5 Å². The van der Waals surface area contributed by atoms with Gasteiger partial charge in [0, 0.05) is 51.1 Å². The van der Waals surface area contributed by atoms with Crippen LogP contribution in [-0.2, 0) is 0 Å². The third-order valence-electron chi connectivity index (χ3n) is 3.01. The minimum atomic E-state index is 0.593. The molecule has 4 heterocycles. The van der Waals surface area contributed by atoms with Gasteiger partial charge in [-0.2, -0.15) is 0 Å². The summed E-state index contributed by atoms with van der Waals surface area (Å²) in [5, 5.41) is 6.11. The summed E-state index contributed by atoms with van der Waals surface area (Å²) in [6, 6.07) is 1.96. The fourth-order valence-corrected chi connectivity index (χ4v) is 6.06. The second-order valence-corrected chi connectivity index (χ2v) is 9.09. The van der Waals surface area contributed by atoms with Crippen molar-refractivity contribution in [2.45, 2.75) is 0 Å². The number of pyridine rings is 2. The first kappa shape index (κ1) is 17.3. The van der Waals surface area contributed by atoms with Crippen LogP contribution in [0.3, 0.4) is 0 Å². The van der Waals surface area contributed by atoms with Gasteiger partial charge in [-0.1, -0.05) is 0 Å². The highest BCUT2D eigenvalue weighted by atomic mass is 127. The van der Waals surface area contributed by atoms with Gasteiger partial charge in [0.2, 0.25) is 0 Å². The van der Waals surface area contributed by atoms with E-state index in [1.807, 2.05) is 16.8 Å². The van der Waals surface area contributed by atoms with Gasteiger partial charge >= 0.3 is 0 Å². The van der Waals surface area contributed by atoms with Crippen molar-refractivity contribution in [2.75, 3.05) is 11.5 Å². The zero-order valence-corrected chi connectivity index (χ0v) is 18.3. The van der Waals surface area contributed by atoms with Gasteiger partial charge in [-0.15, -0.1) is 22.7 Å². The van der Waals surface area contributed by atoms with Crippen LogP contribution in [-0.4, -0.2) is 9.97 Å². The molecule has 4 rings (SSSR count). The molecule has 0 amide bonds. The van der Waals surface area contributed by atoms with Crippen LogP contribution in [0.5, 0.6) is 0 Å². The van der Waals surface area contributed by atoms with E-state index in [2.05, 4.69) is 64.4 Å². The van der Waals surface area contributed by atoms with Crippen LogP contribution in [0.1, 0.15) is 0 Å². The number of halogens is 3. The van der Waals surface area contributed by atoms with Crippen molar-refractivity contribution in [2.24, 2.45) is 0 Å².